The van der Waals surface area contributed by atoms with Gasteiger partial charge < -0.3 is 15.1 Å². The molecule has 0 aromatic heterocycles. The SMILES string of the molecule is CCNCc1ccc(N(C)CC2CCN(C)CC2)c(Cl)c1. The van der Waals surface area contributed by atoms with Gasteiger partial charge in [0.15, 0.2) is 0 Å². The van der Waals surface area contributed by atoms with Gasteiger partial charge >= 0.3 is 0 Å². The average Bonchev–Trinajstić information content (AvgIpc) is 2.47. The van der Waals surface area contributed by atoms with Crippen LogP contribution in [0.1, 0.15) is 25.3 Å². The van der Waals surface area contributed by atoms with Gasteiger partial charge in [-0.2, -0.15) is 0 Å². The number of piperidine rings is 1. The molecule has 1 fully saturated rings. The number of halogens is 1. The van der Waals surface area contributed by atoms with Gasteiger partial charge in [-0.1, -0.05) is 24.6 Å². The summed E-state index contributed by atoms with van der Waals surface area (Å²) in [5.41, 5.74) is 2.40. The summed E-state index contributed by atoms with van der Waals surface area (Å²) < 4.78 is 0. The molecule has 0 radical (unpaired) electrons. The van der Waals surface area contributed by atoms with Crippen LogP contribution in [0.25, 0.3) is 0 Å². The molecular formula is C17H28ClN3. The van der Waals surface area contributed by atoms with Crippen molar-refractivity contribution in [3.05, 3.63) is 28.8 Å². The molecule has 1 heterocycles. The molecule has 4 heteroatoms. The molecule has 118 valence electrons. The number of nitrogens with zero attached hydrogens (tertiary/aromatic N) is 2. The van der Waals surface area contributed by atoms with E-state index in [1.807, 2.05) is 0 Å². The van der Waals surface area contributed by atoms with E-state index in [0.29, 0.717) is 0 Å². The van der Waals surface area contributed by atoms with Crippen LogP contribution in [0, 0.1) is 5.92 Å². The number of hydrogen-bond donors (Lipinski definition) is 1. The molecule has 0 amide bonds. The predicted octanol–water partition coefficient (Wildman–Crippen LogP) is 3.23. The fraction of sp³-hybridized carbons (Fsp3) is 0.647. The number of hydrogen-bond acceptors (Lipinski definition) is 3. The first-order valence-corrected chi connectivity index (χ1v) is 8.36. The highest BCUT2D eigenvalue weighted by Gasteiger charge is 2.19. The molecule has 0 atom stereocenters. The van der Waals surface area contributed by atoms with Crippen molar-refractivity contribution in [1.29, 1.82) is 0 Å². The number of likely N-dealkylation sites (tertiary alicyclic amines) is 1. The van der Waals surface area contributed by atoms with Crippen LogP contribution < -0.4 is 10.2 Å². The third-order valence-corrected chi connectivity index (χ3v) is 4.68. The van der Waals surface area contributed by atoms with E-state index in [2.05, 4.69) is 54.3 Å². The molecule has 0 unspecified atom stereocenters. The van der Waals surface area contributed by atoms with Crippen molar-refractivity contribution in [3.8, 4) is 0 Å². The molecule has 3 nitrogen and oxygen atoms in total. The molecular weight excluding hydrogens is 282 g/mol. The fourth-order valence-electron chi connectivity index (χ4n) is 2.97. The molecule has 2 rings (SSSR count). The number of benzene rings is 1. The standard InChI is InChI=1S/C17H28ClN3/c1-4-19-12-15-5-6-17(16(18)11-15)21(3)13-14-7-9-20(2)10-8-14/h5-6,11,14,19H,4,7-10,12-13H2,1-3H3. The summed E-state index contributed by atoms with van der Waals surface area (Å²) in [5, 5.41) is 4.20. The van der Waals surface area contributed by atoms with Crippen molar-refractivity contribution in [3.63, 3.8) is 0 Å². The van der Waals surface area contributed by atoms with E-state index < -0.39 is 0 Å². The highest BCUT2D eigenvalue weighted by atomic mass is 35.5. The Morgan fingerprint density at radius 3 is 2.67 bits per heavy atom. The minimum atomic E-state index is 0.781. The second kappa shape index (κ2) is 8.02. The number of rotatable bonds is 6. The zero-order chi connectivity index (χ0) is 15.2. The van der Waals surface area contributed by atoms with Gasteiger partial charge in [-0.15, -0.1) is 0 Å². The summed E-state index contributed by atoms with van der Waals surface area (Å²) in [6, 6.07) is 6.42. The first-order chi connectivity index (χ1) is 10.1. The van der Waals surface area contributed by atoms with Crippen LogP contribution in [-0.4, -0.2) is 45.2 Å². The maximum absolute atomic E-state index is 6.47. The Kier molecular flexibility index (Phi) is 6.34. The molecule has 1 saturated heterocycles. The topological polar surface area (TPSA) is 18.5 Å². The Morgan fingerprint density at radius 2 is 2.05 bits per heavy atom. The molecule has 1 aliphatic heterocycles. The normalized spacial score (nSPS) is 17.1. The maximum atomic E-state index is 6.47. The molecule has 21 heavy (non-hydrogen) atoms. The van der Waals surface area contributed by atoms with Crippen LogP contribution in [0.15, 0.2) is 18.2 Å². The number of anilines is 1. The first-order valence-electron chi connectivity index (χ1n) is 7.99. The first kappa shape index (κ1) is 16.6. The molecule has 1 aromatic carbocycles. The summed E-state index contributed by atoms with van der Waals surface area (Å²) >= 11 is 6.47. The van der Waals surface area contributed by atoms with E-state index in [9.17, 15) is 0 Å². The van der Waals surface area contributed by atoms with Gasteiger partial charge in [0.1, 0.15) is 0 Å². The summed E-state index contributed by atoms with van der Waals surface area (Å²) in [5.74, 6) is 0.781. The number of nitrogens with one attached hydrogen (secondary N) is 1. The molecule has 1 aromatic rings. The molecule has 1 aliphatic rings. The fourth-order valence-corrected chi connectivity index (χ4v) is 3.32. The average molecular weight is 310 g/mol. The molecule has 0 bridgehead atoms. The summed E-state index contributed by atoms with van der Waals surface area (Å²) in [7, 11) is 4.36. The van der Waals surface area contributed by atoms with Crippen LogP contribution >= 0.6 is 11.6 Å². The van der Waals surface area contributed by atoms with E-state index >= 15 is 0 Å². The van der Waals surface area contributed by atoms with Crippen molar-refractivity contribution >= 4 is 17.3 Å². The van der Waals surface area contributed by atoms with E-state index in [1.54, 1.807) is 0 Å². The Bertz CT molecular complexity index is 442. The van der Waals surface area contributed by atoms with Crippen molar-refractivity contribution in [2.75, 3.05) is 45.2 Å². The van der Waals surface area contributed by atoms with Gasteiger partial charge in [-0.3, -0.25) is 0 Å². The monoisotopic (exact) mass is 309 g/mol. The molecule has 0 saturated carbocycles. The molecule has 1 N–H and O–H groups in total. The Labute approximate surface area is 134 Å². The Hall–Kier alpha value is -0.770. The van der Waals surface area contributed by atoms with E-state index in [4.69, 9.17) is 11.6 Å². The van der Waals surface area contributed by atoms with Gasteiger partial charge in [0.2, 0.25) is 0 Å². The van der Waals surface area contributed by atoms with Crippen LogP contribution in [0.2, 0.25) is 5.02 Å². The summed E-state index contributed by atoms with van der Waals surface area (Å²) in [4.78, 5) is 4.73. The Morgan fingerprint density at radius 1 is 1.33 bits per heavy atom. The smallest absolute Gasteiger partial charge is 0.0642 e. The molecule has 0 spiro atoms. The maximum Gasteiger partial charge on any atom is 0.0642 e. The Balaban J connectivity index is 1.94. The predicted molar refractivity (Wildman–Crippen MR) is 92.3 cm³/mol. The molecule has 0 aliphatic carbocycles. The van der Waals surface area contributed by atoms with Crippen LogP contribution in [-0.2, 0) is 6.54 Å². The van der Waals surface area contributed by atoms with E-state index in [-0.39, 0.29) is 0 Å². The lowest BCUT2D eigenvalue weighted by Gasteiger charge is -2.32. The highest BCUT2D eigenvalue weighted by Crippen LogP contribution is 2.28. The summed E-state index contributed by atoms with van der Waals surface area (Å²) in [6.07, 6.45) is 2.58. The van der Waals surface area contributed by atoms with Crippen LogP contribution in [0.4, 0.5) is 5.69 Å². The third kappa shape index (κ3) is 4.87. The summed E-state index contributed by atoms with van der Waals surface area (Å²) in [6.45, 7) is 7.51. The van der Waals surface area contributed by atoms with Gasteiger partial charge in [0.05, 0.1) is 10.7 Å². The minimum Gasteiger partial charge on any atom is -0.373 e. The van der Waals surface area contributed by atoms with Gasteiger partial charge in [-0.25, -0.2) is 0 Å². The van der Waals surface area contributed by atoms with Gasteiger partial charge in [-0.05, 0) is 63.1 Å². The van der Waals surface area contributed by atoms with E-state index in [1.165, 1.54) is 31.5 Å². The third-order valence-electron chi connectivity index (χ3n) is 4.37. The second-order valence-electron chi connectivity index (χ2n) is 6.19. The van der Waals surface area contributed by atoms with Crippen molar-refractivity contribution < 1.29 is 0 Å². The lowest BCUT2D eigenvalue weighted by atomic mass is 9.96. The van der Waals surface area contributed by atoms with Gasteiger partial charge in [0.25, 0.3) is 0 Å². The van der Waals surface area contributed by atoms with Crippen molar-refractivity contribution in [2.24, 2.45) is 5.92 Å². The lowest BCUT2D eigenvalue weighted by molar-refractivity contribution is 0.222. The van der Waals surface area contributed by atoms with Crippen LogP contribution in [0.5, 0.6) is 0 Å². The minimum absolute atomic E-state index is 0.781. The zero-order valence-electron chi connectivity index (χ0n) is 13.5. The van der Waals surface area contributed by atoms with Crippen molar-refractivity contribution in [2.45, 2.75) is 26.3 Å². The lowest BCUT2D eigenvalue weighted by Crippen LogP contribution is -2.35. The van der Waals surface area contributed by atoms with E-state index in [0.717, 1.165) is 36.3 Å². The highest BCUT2D eigenvalue weighted by molar-refractivity contribution is 6.33. The largest absolute Gasteiger partial charge is 0.373 e. The quantitative estimate of drug-likeness (QED) is 0.870. The second-order valence-corrected chi connectivity index (χ2v) is 6.60. The van der Waals surface area contributed by atoms with Crippen molar-refractivity contribution in [1.82, 2.24) is 10.2 Å². The van der Waals surface area contributed by atoms with Gasteiger partial charge in [0, 0.05) is 20.1 Å². The van der Waals surface area contributed by atoms with Crippen LogP contribution in [0.3, 0.4) is 0 Å². The zero-order valence-corrected chi connectivity index (χ0v) is 14.3.